The molecule has 22 heavy (non-hydrogen) atoms. The van der Waals surface area contributed by atoms with Crippen LogP contribution in [0.5, 0.6) is 0 Å². The quantitative estimate of drug-likeness (QED) is 0.618. The third-order valence-corrected chi connectivity index (χ3v) is 5.55. The van der Waals surface area contributed by atoms with Crippen molar-refractivity contribution < 1.29 is 9.47 Å². The van der Waals surface area contributed by atoms with Gasteiger partial charge in [-0.05, 0) is 38.0 Å². The van der Waals surface area contributed by atoms with Crippen LogP contribution in [0.25, 0.3) is 0 Å². The molecule has 0 aromatic carbocycles. The molecule has 0 N–H and O–H groups in total. The molecule has 1 saturated heterocycles. The van der Waals surface area contributed by atoms with Crippen LogP contribution >= 0.6 is 0 Å². The van der Waals surface area contributed by atoms with Gasteiger partial charge in [0, 0.05) is 5.92 Å². The fourth-order valence-corrected chi connectivity index (χ4v) is 4.00. The second-order valence-electron chi connectivity index (χ2n) is 7.36. The van der Waals surface area contributed by atoms with Crippen molar-refractivity contribution in [2.24, 2.45) is 17.3 Å². The number of hydrogen-bond acceptors (Lipinski definition) is 3. The Hall–Kier alpha value is -0.590. The maximum absolute atomic E-state index is 9.75. The third-order valence-electron chi connectivity index (χ3n) is 5.55. The first-order valence-electron chi connectivity index (χ1n) is 9.38. The zero-order valence-electron chi connectivity index (χ0n) is 14.5. The lowest BCUT2D eigenvalue weighted by Gasteiger charge is -2.42. The standard InChI is InChI=1S/C19H33NO2/c1-3-5-6-8-16-9-11-19(15-20,12-10-16)18-21-13-17(7-4-2)14-22-18/h16-18H,3-14H2,1-2H3/t16-,17?,18?,19-. The lowest BCUT2D eigenvalue weighted by molar-refractivity contribution is -0.247. The molecule has 0 radical (unpaired) electrons. The highest BCUT2D eigenvalue weighted by Gasteiger charge is 2.45. The smallest absolute Gasteiger partial charge is 0.176 e. The Morgan fingerprint density at radius 2 is 1.64 bits per heavy atom. The van der Waals surface area contributed by atoms with Crippen molar-refractivity contribution in [2.75, 3.05) is 13.2 Å². The van der Waals surface area contributed by atoms with Gasteiger partial charge in [0.15, 0.2) is 6.29 Å². The highest BCUT2D eigenvalue weighted by molar-refractivity contribution is 5.04. The maximum Gasteiger partial charge on any atom is 0.176 e. The Morgan fingerprint density at radius 3 is 2.18 bits per heavy atom. The minimum absolute atomic E-state index is 0.290. The molecular formula is C19H33NO2. The monoisotopic (exact) mass is 307 g/mol. The highest BCUT2D eigenvalue weighted by Crippen LogP contribution is 2.45. The summed E-state index contributed by atoms with van der Waals surface area (Å²) in [7, 11) is 0. The van der Waals surface area contributed by atoms with Crippen LogP contribution in [-0.4, -0.2) is 19.5 Å². The Labute approximate surface area is 136 Å². The van der Waals surface area contributed by atoms with Crippen LogP contribution in [0.2, 0.25) is 0 Å². The fraction of sp³-hybridized carbons (Fsp3) is 0.947. The molecule has 2 rings (SSSR count). The molecule has 0 atom stereocenters. The molecule has 126 valence electrons. The number of rotatable bonds is 7. The summed E-state index contributed by atoms with van der Waals surface area (Å²) in [6, 6.07) is 2.57. The molecule has 0 bridgehead atoms. The van der Waals surface area contributed by atoms with Crippen LogP contribution in [-0.2, 0) is 9.47 Å². The van der Waals surface area contributed by atoms with Crippen LogP contribution in [0.4, 0.5) is 0 Å². The van der Waals surface area contributed by atoms with Gasteiger partial charge in [-0.15, -0.1) is 0 Å². The van der Waals surface area contributed by atoms with E-state index in [0.717, 1.165) is 38.4 Å². The largest absolute Gasteiger partial charge is 0.351 e. The topological polar surface area (TPSA) is 42.2 Å². The summed E-state index contributed by atoms with van der Waals surface area (Å²) in [5, 5.41) is 9.75. The van der Waals surface area contributed by atoms with Crippen LogP contribution in [0, 0.1) is 28.6 Å². The summed E-state index contributed by atoms with van der Waals surface area (Å²) in [4.78, 5) is 0. The first-order valence-corrected chi connectivity index (χ1v) is 9.38. The van der Waals surface area contributed by atoms with Crippen molar-refractivity contribution in [3.63, 3.8) is 0 Å². The van der Waals surface area contributed by atoms with E-state index in [4.69, 9.17) is 9.47 Å². The predicted molar refractivity (Wildman–Crippen MR) is 88.2 cm³/mol. The average molecular weight is 307 g/mol. The van der Waals surface area contributed by atoms with E-state index in [-0.39, 0.29) is 6.29 Å². The van der Waals surface area contributed by atoms with Gasteiger partial charge in [-0.2, -0.15) is 5.26 Å². The highest BCUT2D eigenvalue weighted by atomic mass is 16.7. The first-order chi connectivity index (χ1) is 10.7. The van der Waals surface area contributed by atoms with Gasteiger partial charge in [0.05, 0.1) is 19.3 Å². The Morgan fingerprint density at radius 1 is 0.955 bits per heavy atom. The summed E-state index contributed by atoms with van der Waals surface area (Å²) in [6.07, 6.45) is 11.6. The van der Waals surface area contributed by atoms with E-state index >= 15 is 0 Å². The minimum Gasteiger partial charge on any atom is -0.351 e. The van der Waals surface area contributed by atoms with Crippen molar-refractivity contribution in [2.45, 2.75) is 84.3 Å². The number of nitrogens with zero attached hydrogens (tertiary/aromatic N) is 1. The average Bonchev–Trinajstić information content (AvgIpc) is 2.57. The van der Waals surface area contributed by atoms with Gasteiger partial charge in [0.2, 0.25) is 0 Å². The van der Waals surface area contributed by atoms with Crippen molar-refractivity contribution in [1.82, 2.24) is 0 Å². The zero-order chi connectivity index (χ0) is 15.8. The van der Waals surface area contributed by atoms with Crippen LogP contribution in [0.3, 0.4) is 0 Å². The molecule has 0 amide bonds. The van der Waals surface area contributed by atoms with Gasteiger partial charge in [-0.1, -0.05) is 46.0 Å². The molecule has 0 aromatic rings. The lowest BCUT2D eigenvalue weighted by atomic mass is 9.69. The summed E-state index contributed by atoms with van der Waals surface area (Å²) in [5.41, 5.74) is -0.390. The molecule has 3 heteroatoms. The molecular weight excluding hydrogens is 274 g/mol. The van der Waals surface area contributed by atoms with Crippen molar-refractivity contribution in [3.8, 4) is 6.07 Å². The second-order valence-corrected chi connectivity index (χ2v) is 7.36. The second kappa shape index (κ2) is 8.89. The van der Waals surface area contributed by atoms with Crippen molar-refractivity contribution >= 4 is 0 Å². The summed E-state index contributed by atoms with van der Waals surface area (Å²) < 4.78 is 11.9. The first kappa shape index (κ1) is 17.8. The molecule has 0 unspecified atom stereocenters. The summed E-state index contributed by atoms with van der Waals surface area (Å²) in [5.74, 6) is 1.33. The number of nitriles is 1. The number of ether oxygens (including phenoxy) is 2. The van der Waals surface area contributed by atoms with E-state index in [9.17, 15) is 5.26 Å². The molecule has 2 fully saturated rings. The molecule has 2 aliphatic rings. The molecule has 1 heterocycles. The van der Waals surface area contributed by atoms with Crippen molar-refractivity contribution in [3.05, 3.63) is 0 Å². The molecule has 1 aliphatic heterocycles. The van der Waals surface area contributed by atoms with E-state index in [1.54, 1.807) is 0 Å². The fourth-order valence-electron chi connectivity index (χ4n) is 4.00. The Kier molecular flexibility index (Phi) is 7.18. The predicted octanol–water partition coefficient (Wildman–Crippen LogP) is 5.06. The van der Waals surface area contributed by atoms with E-state index in [1.165, 1.54) is 44.9 Å². The molecule has 1 aliphatic carbocycles. The normalized spacial score (nSPS) is 36.0. The summed E-state index contributed by atoms with van der Waals surface area (Å²) in [6.45, 7) is 5.98. The van der Waals surface area contributed by atoms with E-state index in [0.29, 0.717) is 5.92 Å². The number of unbranched alkanes of at least 4 members (excludes halogenated alkanes) is 2. The van der Waals surface area contributed by atoms with Gasteiger partial charge in [0.1, 0.15) is 5.41 Å². The number of hydrogen-bond donors (Lipinski definition) is 0. The molecule has 0 aromatic heterocycles. The maximum atomic E-state index is 9.75. The van der Waals surface area contributed by atoms with Gasteiger partial charge >= 0.3 is 0 Å². The Bertz CT molecular complexity index is 347. The van der Waals surface area contributed by atoms with E-state index < -0.39 is 5.41 Å². The van der Waals surface area contributed by atoms with E-state index in [2.05, 4.69) is 19.9 Å². The Balaban J connectivity index is 1.81. The van der Waals surface area contributed by atoms with Gasteiger partial charge < -0.3 is 9.47 Å². The van der Waals surface area contributed by atoms with E-state index in [1.807, 2.05) is 0 Å². The molecule has 0 spiro atoms. The molecule has 1 saturated carbocycles. The van der Waals surface area contributed by atoms with Crippen LogP contribution < -0.4 is 0 Å². The van der Waals surface area contributed by atoms with Gasteiger partial charge in [-0.25, -0.2) is 0 Å². The van der Waals surface area contributed by atoms with Gasteiger partial charge in [0.25, 0.3) is 0 Å². The lowest BCUT2D eigenvalue weighted by Crippen LogP contribution is -2.45. The SMILES string of the molecule is CCCCC[C@H]1CC[C@](C#N)(C2OCC(CCC)CO2)CC1. The third kappa shape index (κ3) is 4.46. The summed E-state index contributed by atoms with van der Waals surface area (Å²) >= 11 is 0. The van der Waals surface area contributed by atoms with Crippen LogP contribution in [0.1, 0.15) is 78.1 Å². The zero-order valence-corrected chi connectivity index (χ0v) is 14.5. The minimum atomic E-state index is -0.390. The van der Waals surface area contributed by atoms with Crippen LogP contribution in [0.15, 0.2) is 0 Å². The molecule has 3 nitrogen and oxygen atoms in total. The van der Waals surface area contributed by atoms with Gasteiger partial charge in [-0.3, -0.25) is 0 Å². The van der Waals surface area contributed by atoms with Crippen molar-refractivity contribution in [1.29, 1.82) is 5.26 Å².